The van der Waals surface area contributed by atoms with Crippen LogP contribution in [-0.2, 0) is 11.3 Å². The molecule has 0 aliphatic rings. The molecule has 4 aromatic rings. The third kappa shape index (κ3) is 5.82. The van der Waals surface area contributed by atoms with E-state index in [2.05, 4.69) is 25.9 Å². The van der Waals surface area contributed by atoms with Gasteiger partial charge in [-0.1, -0.05) is 70.2 Å². The maximum Gasteiger partial charge on any atom is 0.239 e. The van der Waals surface area contributed by atoms with Crippen LogP contribution in [0.2, 0.25) is 0 Å². The second-order valence-electron chi connectivity index (χ2n) is 7.21. The van der Waals surface area contributed by atoms with Gasteiger partial charge in [-0.3, -0.25) is 9.69 Å². The number of nitrogens with zero attached hydrogens (tertiary/aromatic N) is 4. The van der Waals surface area contributed by atoms with Crippen molar-refractivity contribution in [3.05, 3.63) is 87.5 Å². The summed E-state index contributed by atoms with van der Waals surface area (Å²) in [6.07, 6.45) is 0. The number of rotatable bonds is 7. The Kier molecular flexibility index (Phi) is 7.34. The van der Waals surface area contributed by atoms with Gasteiger partial charge in [0.2, 0.25) is 5.91 Å². The van der Waals surface area contributed by atoms with E-state index in [1.54, 1.807) is 4.90 Å². The Morgan fingerprint density at radius 3 is 2.38 bits per heavy atom. The van der Waals surface area contributed by atoms with Crippen molar-refractivity contribution in [1.82, 2.24) is 15.0 Å². The molecule has 0 unspecified atom stereocenters. The summed E-state index contributed by atoms with van der Waals surface area (Å²) >= 11 is 6.29. The molecule has 5 nitrogen and oxygen atoms in total. The number of thiazole rings is 1. The minimum Gasteiger partial charge on any atom is -0.283 e. The first-order valence-corrected chi connectivity index (χ1v) is 12.6. The first-order chi connectivity index (χ1) is 15.5. The van der Waals surface area contributed by atoms with Gasteiger partial charge in [0.15, 0.2) is 10.3 Å². The van der Waals surface area contributed by atoms with Crippen molar-refractivity contribution in [3.8, 4) is 11.3 Å². The van der Waals surface area contributed by atoms with E-state index in [4.69, 9.17) is 4.98 Å². The minimum absolute atomic E-state index is 0.0293. The molecule has 0 fully saturated rings. The van der Waals surface area contributed by atoms with Crippen molar-refractivity contribution in [1.29, 1.82) is 0 Å². The minimum atomic E-state index is -0.0293. The Morgan fingerprint density at radius 1 is 1.00 bits per heavy atom. The van der Waals surface area contributed by atoms with Crippen molar-refractivity contribution in [2.45, 2.75) is 25.5 Å². The lowest BCUT2D eigenvalue weighted by atomic mass is 10.2. The van der Waals surface area contributed by atoms with Gasteiger partial charge in [-0.15, -0.1) is 11.3 Å². The second kappa shape index (κ2) is 10.4. The third-order valence-corrected chi connectivity index (χ3v) is 6.86. The molecular formula is C24H21BrN4OS2. The Labute approximate surface area is 204 Å². The van der Waals surface area contributed by atoms with Gasteiger partial charge in [-0.2, -0.15) is 0 Å². The number of carbonyl (C=O) groups is 1. The number of benzene rings is 2. The number of halogens is 1. The Bertz CT molecular complexity index is 1190. The van der Waals surface area contributed by atoms with Crippen molar-refractivity contribution in [2.24, 2.45) is 0 Å². The summed E-state index contributed by atoms with van der Waals surface area (Å²) in [5.74, 6) is 0.210. The molecule has 0 bridgehead atoms. The quantitative estimate of drug-likeness (QED) is 0.209. The van der Waals surface area contributed by atoms with Crippen molar-refractivity contribution < 1.29 is 4.79 Å². The van der Waals surface area contributed by atoms with E-state index in [-0.39, 0.29) is 11.7 Å². The fourth-order valence-corrected chi connectivity index (χ4v) is 5.07. The van der Waals surface area contributed by atoms with Crippen LogP contribution in [0.3, 0.4) is 0 Å². The lowest BCUT2D eigenvalue weighted by molar-refractivity contribution is -0.116. The second-order valence-corrected chi connectivity index (χ2v) is 9.90. The molecule has 0 radical (unpaired) electrons. The normalized spacial score (nSPS) is 10.8. The number of aryl methyl sites for hydroxylation is 2. The standard InChI is InChI=1S/C24H21BrN4OS2/c1-16-12-17(2)27-23(26-16)31-15-22(30)29(13-18-6-4-3-5-7-18)24-28-21(14-32-24)19-8-10-20(25)11-9-19/h3-12,14H,13,15H2,1-2H3. The summed E-state index contributed by atoms with van der Waals surface area (Å²) in [4.78, 5) is 28.7. The molecule has 2 aromatic carbocycles. The molecule has 4 rings (SSSR count). The molecule has 0 aliphatic heterocycles. The summed E-state index contributed by atoms with van der Waals surface area (Å²) in [7, 11) is 0. The molecule has 162 valence electrons. The van der Waals surface area contributed by atoms with Crippen molar-refractivity contribution in [3.63, 3.8) is 0 Å². The summed E-state index contributed by atoms with van der Waals surface area (Å²) < 4.78 is 1.02. The monoisotopic (exact) mass is 524 g/mol. The van der Waals surface area contributed by atoms with Crippen LogP contribution in [0.4, 0.5) is 5.13 Å². The van der Waals surface area contributed by atoms with Crippen LogP contribution in [0.25, 0.3) is 11.3 Å². The highest BCUT2D eigenvalue weighted by atomic mass is 79.9. The molecule has 0 spiro atoms. The first-order valence-electron chi connectivity index (χ1n) is 9.99. The van der Waals surface area contributed by atoms with Gasteiger partial charge < -0.3 is 0 Å². The van der Waals surface area contributed by atoms with Gasteiger partial charge in [-0.25, -0.2) is 15.0 Å². The highest BCUT2D eigenvalue weighted by Crippen LogP contribution is 2.30. The molecule has 0 saturated carbocycles. The predicted molar refractivity (Wildman–Crippen MR) is 135 cm³/mol. The maximum atomic E-state index is 13.3. The lowest BCUT2D eigenvalue weighted by Crippen LogP contribution is -2.32. The van der Waals surface area contributed by atoms with Crippen molar-refractivity contribution >= 4 is 50.1 Å². The van der Waals surface area contributed by atoms with Gasteiger partial charge >= 0.3 is 0 Å². The molecule has 2 aromatic heterocycles. The number of thioether (sulfide) groups is 1. The lowest BCUT2D eigenvalue weighted by Gasteiger charge is -2.20. The van der Waals surface area contributed by atoms with E-state index < -0.39 is 0 Å². The van der Waals surface area contributed by atoms with Crippen LogP contribution in [0.5, 0.6) is 0 Å². The molecule has 0 atom stereocenters. The number of aromatic nitrogens is 3. The van der Waals surface area contributed by atoms with Crippen LogP contribution >= 0.6 is 39.0 Å². The molecule has 32 heavy (non-hydrogen) atoms. The third-order valence-electron chi connectivity index (χ3n) is 4.63. The molecule has 0 aliphatic carbocycles. The van der Waals surface area contributed by atoms with Crippen LogP contribution < -0.4 is 4.90 Å². The van der Waals surface area contributed by atoms with Crippen LogP contribution in [-0.4, -0.2) is 26.6 Å². The maximum absolute atomic E-state index is 13.3. The topological polar surface area (TPSA) is 59.0 Å². The van der Waals surface area contributed by atoms with E-state index in [0.29, 0.717) is 16.8 Å². The summed E-state index contributed by atoms with van der Waals surface area (Å²) in [5.41, 5.74) is 4.71. The van der Waals surface area contributed by atoms with Crippen LogP contribution in [0, 0.1) is 13.8 Å². The highest BCUT2D eigenvalue weighted by molar-refractivity contribution is 9.10. The van der Waals surface area contributed by atoms with E-state index in [0.717, 1.165) is 32.7 Å². The zero-order valence-electron chi connectivity index (χ0n) is 17.7. The number of hydrogen-bond donors (Lipinski definition) is 0. The zero-order chi connectivity index (χ0) is 22.5. The fourth-order valence-electron chi connectivity index (χ4n) is 3.13. The molecule has 0 saturated heterocycles. The highest BCUT2D eigenvalue weighted by Gasteiger charge is 2.21. The summed E-state index contributed by atoms with van der Waals surface area (Å²) in [6.45, 7) is 4.32. The average molecular weight is 525 g/mol. The number of hydrogen-bond acceptors (Lipinski definition) is 6. The molecular weight excluding hydrogens is 504 g/mol. The van der Waals surface area contributed by atoms with Crippen molar-refractivity contribution in [2.75, 3.05) is 10.7 Å². The number of carbonyl (C=O) groups excluding carboxylic acids is 1. The SMILES string of the molecule is Cc1cc(C)nc(SCC(=O)N(Cc2ccccc2)c2nc(-c3ccc(Br)cc3)cs2)n1. The molecule has 0 N–H and O–H groups in total. The molecule has 2 heterocycles. The van der Waals surface area contributed by atoms with Gasteiger partial charge in [0.05, 0.1) is 18.0 Å². The largest absolute Gasteiger partial charge is 0.283 e. The Morgan fingerprint density at radius 2 is 1.69 bits per heavy atom. The van der Waals surface area contributed by atoms with Gasteiger partial charge in [0, 0.05) is 26.8 Å². The van der Waals surface area contributed by atoms with Gasteiger partial charge in [0.1, 0.15) is 0 Å². The van der Waals surface area contributed by atoms with E-state index in [1.807, 2.05) is 79.9 Å². The average Bonchev–Trinajstić information content (AvgIpc) is 3.26. The van der Waals surface area contributed by atoms with E-state index in [9.17, 15) is 4.79 Å². The van der Waals surface area contributed by atoms with E-state index >= 15 is 0 Å². The Balaban J connectivity index is 1.57. The van der Waals surface area contributed by atoms with E-state index in [1.165, 1.54) is 23.1 Å². The van der Waals surface area contributed by atoms with Crippen LogP contribution in [0.15, 0.2) is 75.7 Å². The van der Waals surface area contributed by atoms with Crippen LogP contribution in [0.1, 0.15) is 17.0 Å². The molecule has 1 amide bonds. The first kappa shape index (κ1) is 22.6. The Hall–Kier alpha value is -2.55. The van der Waals surface area contributed by atoms with Gasteiger partial charge in [0.25, 0.3) is 0 Å². The predicted octanol–water partition coefficient (Wildman–Crippen LogP) is 6.30. The smallest absolute Gasteiger partial charge is 0.239 e. The zero-order valence-corrected chi connectivity index (χ0v) is 20.9. The fraction of sp³-hybridized carbons (Fsp3) is 0.167. The van der Waals surface area contributed by atoms with Gasteiger partial charge in [-0.05, 0) is 37.6 Å². The summed E-state index contributed by atoms with van der Waals surface area (Å²) in [5, 5.41) is 3.29. The summed E-state index contributed by atoms with van der Waals surface area (Å²) in [6, 6.07) is 19.9. The number of amides is 1. The molecule has 8 heteroatoms. The number of anilines is 1.